The summed E-state index contributed by atoms with van der Waals surface area (Å²) in [5.74, 6) is 0. The van der Waals surface area contributed by atoms with Gasteiger partial charge in [-0.3, -0.25) is 0 Å². The number of aryl methyl sites for hydroxylation is 1. The molecule has 0 saturated heterocycles. The van der Waals surface area contributed by atoms with Crippen LogP contribution in [-0.2, 0) is 17.7 Å². The van der Waals surface area contributed by atoms with E-state index in [9.17, 15) is 0 Å². The average Bonchev–Trinajstić information content (AvgIpc) is 2.71. The fourth-order valence-electron chi connectivity index (χ4n) is 4.61. The standard InChI is InChI=1S/C29H51Cl/c1-5-7-9-11-13-15-17-19-22-26-23-21-25-28(29(3,4)30)27(26)24-20-18-16-14-12-10-8-6-2/h21,23,25H,5-20,22,24H2,1-4H3. The highest BCUT2D eigenvalue weighted by molar-refractivity contribution is 6.23. The molecular weight excluding hydrogens is 384 g/mol. The third-order valence-electron chi connectivity index (χ3n) is 6.49. The molecule has 0 N–H and O–H groups in total. The summed E-state index contributed by atoms with van der Waals surface area (Å²) < 4.78 is 0. The quantitative estimate of drug-likeness (QED) is 0.150. The summed E-state index contributed by atoms with van der Waals surface area (Å²) in [4.78, 5) is -0.273. The minimum atomic E-state index is -0.273. The van der Waals surface area contributed by atoms with Crippen LogP contribution in [0.5, 0.6) is 0 Å². The van der Waals surface area contributed by atoms with E-state index >= 15 is 0 Å². The lowest BCUT2D eigenvalue weighted by Crippen LogP contribution is -2.13. The normalized spacial score (nSPS) is 11.9. The van der Waals surface area contributed by atoms with Crippen LogP contribution in [0.25, 0.3) is 0 Å². The maximum atomic E-state index is 6.79. The van der Waals surface area contributed by atoms with Crippen molar-refractivity contribution in [2.45, 2.75) is 148 Å². The number of hydrogen-bond donors (Lipinski definition) is 0. The number of benzene rings is 1. The maximum Gasteiger partial charge on any atom is 0.0641 e. The lowest BCUT2D eigenvalue weighted by atomic mass is 9.87. The van der Waals surface area contributed by atoms with E-state index in [-0.39, 0.29) is 4.87 Å². The number of hydrogen-bond acceptors (Lipinski definition) is 0. The Labute approximate surface area is 194 Å². The summed E-state index contributed by atoms with van der Waals surface area (Å²) in [6.45, 7) is 8.89. The molecule has 0 nitrogen and oxygen atoms in total. The van der Waals surface area contributed by atoms with E-state index in [0.29, 0.717) is 0 Å². The Kier molecular flexibility index (Phi) is 15.7. The number of rotatable bonds is 19. The second-order valence-corrected chi connectivity index (χ2v) is 10.8. The van der Waals surface area contributed by atoms with Crippen LogP contribution >= 0.6 is 11.6 Å². The van der Waals surface area contributed by atoms with Crippen LogP contribution in [0.2, 0.25) is 0 Å². The molecule has 0 fully saturated rings. The molecule has 0 amide bonds. The molecule has 0 heterocycles. The molecule has 0 aliphatic heterocycles. The summed E-state index contributed by atoms with van der Waals surface area (Å²) in [7, 11) is 0. The van der Waals surface area contributed by atoms with Crippen LogP contribution in [0.3, 0.4) is 0 Å². The zero-order valence-electron chi connectivity index (χ0n) is 20.8. The van der Waals surface area contributed by atoms with Gasteiger partial charge in [0.25, 0.3) is 0 Å². The van der Waals surface area contributed by atoms with E-state index in [1.165, 1.54) is 121 Å². The molecule has 0 atom stereocenters. The third kappa shape index (κ3) is 12.4. The Hall–Kier alpha value is -0.490. The van der Waals surface area contributed by atoms with Crippen molar-refractivity contribution in [1.29, 1.82) is 0 Å². The fraction of sp³-hybridized carbons (Fsp3) is 0.793. The van der Waals surface area contributed by atoms with Gasteiger partial charge in [0, 0.05) is 0 Å². The average molecular weight is 435 g/mol. The zero-order valence-corrected chi connectivity index (χ0v) is 21.6. The van der Waals surface area contributed by atoms with Crippen molar-refractivity contribution < 1.29 is 0 Å². The highest BCUT2D eigenvalue weighted by atomic mass is 35.5. The first kappa shape index (κ1) is 27.5. The van der Waals surface area contributed by atoms with Gasteiger partial charge in [0.2, 0.25) is 0 Å². The van der Waals surface area contributed by atoms with Crippen molar-refractivity contribution in [1.82, 2.24) is 0 Å². The van der Waals surface area contributed by atoms with E-state index in [4.69, 9.17) is 11.6 Å². The van der Waals surface area contributed by atoms with Crippen LogP contribution in [0.4, 0.5) is 0 Å². The topological polar surface area (TPSA) is 0 Å². The molecule has 1 aromatic carbocycles. The van der Waals surface area contributed by atoms with Gasteiger partial charge in [-0.1, -0.05) is 122 Å². The fourth-order valence-corrected chi connectivity index (χ4v) is 4.78. The van der Waals surface area contributed by atoms with Crippen LogP contribution in [0, 0.1) is 0 Å². The molecule has 0 aliphatic rings. The van der Waals surface area contributed by atoms with Gasteiger partial charge in [-0.2, -0.15) is 0 Å². The Balaban J connectivity index is 2.48. The molecule has 0 spiro atoms. The van der Waals surface area contributed by atoms with Crippen molar-refractivity contribution >= 4 is 11.6 Å². The molecule has 0 bridgehead atoms. The second-order valence-electron chi connectivity index (χ2n) is 9.87. The van der Waals surface area contributed by atoms with Gasteiger partial charge in [-0.25, -0.2) is 0 Å². The van der Waals surface area contributed by atoms with Gasteiger partial charge in [0.05, 0.1) is 4.87 Å². The van der Waals surface area contributed by atoms with E-state index in [1.54, 1.807) is 11.1 Å². The third-order valence-corrected chi connectivity index (χ3v) is 6.70. The molecule has 0 saturated carbocycles. The first-order chi connectivity index (χ1) is 14.5. The Morgan fingerprint density at radius 3 is 1.50 bits per heavy atom. The molecule has 1 aromatic rings. The summed E-state index contributed by atoms with van der Waals surface area (Å²) in [6, 6.07) is 6.87. The maximum absolute atomic E-state index is 6.79. The van der Waals surface area contributed by atoms with Crippen molar-refractivity contribution in [2.24, 2.45) is 0 Å². The number of unbranched alkanes of at least 4 members (excludes halogenated alkanes) is 14. The highest BCUT2D eigenvalue weighted by Gasteiger charge is 2.21. The Morgan fingerprint density at radius 2 is 1.03 bits per heavy atom. The van der Waals surface area contributed by atoms with E-state index in [1.807, 2.05) is 0 Å². The largest absolute Gasteiger partial charge is 0.115 e. The number of alkyl halides is 1. The van der Waals surface area contributed by atoms with Crippen LogP contribution in [-0.4, -0.2) is 0 Å². The highest BCUT2D eigenvalue weighted by Crippen LogP contribution is 2.33. The van der Waals surface area contributed by atoms with Gasteiger partial charge in [0.15, 0.2) is 0 Å². The van der Waals surface area contributed by atoms with Crippen LogP contribution in [0.15, 0.2) is 18.2 Å². The predicted octanol–water partition coefficient (Wildman–Crippen LogP) is 10.5. The van der Waals surface area contributed by atoms with Crippen molar-refractivity contribution in [3.63, 3.8) is 0 Å². The molecule has 0 radical (unpaired) electrons. The van der Waals surface area contributed by atoms with Gasteiger partial charge in [0.1, 0.15) is 0 Å². The van der Waals surface area contributed by atoms with Gasteiger partial charge >= 0.3 is 0 Å². The SMILES string of the molecule is CCCCCCCCCCc1cccc(C(C)(C)Cl)c1CCCCCCCCCC. The molecule has 30 heavy (non-hydrogen) atoms. The predicted molar refractivity (Wildman–Crippen MR) is 138 cm³/mol. The summed E-state index contributed by atoms with van der Waals surface area (Å²) in [5.41, 5.74) is 4.49. The zero-order chi connectivity index (χ0) is 22.1. The van der Waals surface area contributed by atoms with E-state index in [2.05, 4.69) is 45.9 Å². The summed E-state index contributed by atoms with van der Waals surface area (Å²) >= 11 is 6.79. The molecular formula is C29H51Cl. The van der Waals surface area contributed by atoms with E-state index in [0.717, 1.165) is 0 Å². The Bertz CT molecular complexity index is 526. The first-order valence-corrected chi connectivity index (χ1v) is 13.7. The first-order valence-electron chi connectivity index (χ1n) is 13.3. The molecule has 0 aliphatic carbocycles. The molecule has 0 unspecified atom stereocenters. The monoisotopic (exact) mass is 434 g/mol. The molecule has 1 rings (SSSR count). The van der Waals surface area contributed by atoms with E-state index < -0.39 is 0 Å². The lowest BCUT2D eigenvalue weighted by Gasteiger charge is -2.23. The minimum Gasteiger partial charge on any atom is -0.115 e. The Morgan fingerprint density at radius 1 is 0.600 bits per heavy atom. The summed E-state index contributed by atoms with van der Waals surface area (Å²) in [6.07, 6.45) is 24.6. The number of halogens is 1. The molecule has 174 valence electrons. The van der Waals surface area contributed by atoms with Gasteiger partial charge in [-0.05, 0) is 56.2 Å². The van der Waals surface area contributed by atoms with Gasteiger partial charge < -0.3 is 0 Å². The lowest BCUT2D eigenvalue weighted by molar-refractivity contribution is 0.569. The minimum absolute atomic E-state index is 0.273. The molecule has 1 heteroatoms. The molecule has 0 aromatic heterocycles. The van der Waals surface area contributed by atoms with Crippen molar-refractivity contribution in [2.75, 3.05) is 0 Å². The van der Waals surface area contributed by atoms with Crippen molar-refractivity contribution in [3.05, 3.63) is 34.9 Å². The second kappa shape index (κ2) is 17.1. The van der Waals surface area contributed by atoms with Crippen LogP contribution in [0.1, 0.15) is 147 Å². The summed E-state index contributed by atoms with van der Waals surface area (Å²) in [5, 5.41) is 0. The van der Waals surface area contributed by atoms with Crippen LogP contribution < -0.4 is 0 Å². The van der Waals surface area contributed by atoms with Crippen molar-refractivity contribution in [3.8, 4) is 0 Å². The smallest absolute Gasteiger partial charge is 0.0641 e. The van der Waals surface area contributed by atoms with Gasteiger partial charge in [-0.15, -0.1) is 11.6 Å².